The summed E-state index contributed by atoms with van der Waals surface area (Å²) in [5, 5.41) is 0. The molecule has 4 nitrogen and oxygen atoms in total. The summed E-state index contributed by atoms with van der Waals surface area (Å²) in [5.41, 5.74) is -0.382. The highest BCUT2D eigenvalue weighted by Crippen LogP contribution is 2.21. The minimum absolute atomic E-state index is 0.188. The van der Waals surface area contributed by atoms with E-state index in [1.807, 2.05) is 0 Å². The van der Waals surface area contributed by atoms with Gasteiger partial charge in [0.05, 0.1) is 18.7 Å². The molecular formula is C10H10F3NO3. The van der Waals surface area contributed by atoms with E-state index in [4.69, 9.17) is 0 Å². The number of hydrogen-bond acceptors (Lipinski definition) is 3. The normalized spacial score (nSPS) is 11.3. The molecule has 0 saturated carbocycles. The zero-order valence-electron chi connectivity index (χ0n) is 8.93. The number of carbonyl (C=O) groups is 2. The van der Waals surface area contributed by atoms with Crippen molar-refractivity contribution in [2.75, 3.05) is 6.61 Å². The lowest BCUT2D eigenvalue weighted by Gasteiger charge is -2.02. The molecular weight excluding hydrogens is 239 g/mol. The molecule has 17 heavy (non-hydrogen) atoms. The lowest BCUT2D eigenvalue weighted by atomic mass is 10.3. The molecule has 0 saturated heterocycles. The number of aromatic nitrogens is 1. The van der Waals surface area contributed by atoms with Gasteiger partial charge in [-0.1, -0.05) is 0 Å². The number of esters is 1. The van der Waals surface area contributed by atoms with Crippen molar-refractivity contribution < 1.29 is 27.5 Å². The molecule has 0 fully saturated rings. The van der Waals surface area contributed by atoms with E-state index in [0.717, 1.165) is 6.07 Å². The Morgan fingerprint density at radius 3 is 2.53 bits per heavy atom. The smallest absolute Gasteiger partial charge is 0.456 e. The number of Topliss-reactive ketones (excluding diaryl/α,β-unsaturated/α-hetero) is 1. The number of hydrogen-bond donors (Lipinski definition) is 1. The third-order valence-electron chi connectivity index (χ3n) is 1.89. The van der Waals surface area contributed by atoms with Crippen LogP contribution in [-0.4, -0.2) is 29.5 Å². The molecule has 0 spiro atoms. The van der Waals surface area contributed by atoms with Gasteiger partial charge in [-0.25, -0.2) is 0 Å². The van der Waals surface area contributed by atoms with Crippen molar-refractivity contribution in [3.8, 4) is 0 Å². The van der Waals surface area contributed by atoms with E-state index in [9.17, 15) is 22.8 Å². The molecule has 1 rings (SSSR count). The van der Waals surface area contributed by atoms with Crippen molar-refractivity contribution in [3.63, 3.8) is 0 Å². The topological polar surface area (TPSA) is 59.2 Å². The maximum Gasteiger partial charge on any atom is 0.456 e. The van der Waals surface area contributed by atoms with Crippen LogP contribution >= 0.6 is 0 Å². The maximum atomic E-state index is 12.1. The van der Waals surface area contributed by atoms with Crippen LogP contribution in [0.2, 0.25) is 0 Å². The van der Waals surface area contributed by atoms with Gasteiger partial charge in [-0.05, 0) is 19.1 Å². The Labute approximate surface area is 94.8 Å². The summed E-state index contributed by atoms with van der Waals surface area (Å²) in [7, 11) is 0. The van der Waals surface area contributed by atoms with Crippen LogP contribution in [-0.2, 0) is 16.0 Å². The van der Waals surface area contributed by atoms with Gasteiger partial charge in [-0.3, -0.25) is 9.59 Å². The summed E-state index contributed by atoms with van der Waals surface area (Å²) >= 11 is 0. The first-order chi connectivity index (χ1) is 7.84. The van der Waals surface area contributed by atoms with Gasteiger partial charge in [-0.15, -0.1) is 0 Å². The van der Waals surface area contributed by atoms with Crippen LogP contribution < -0.4 is 0 Å². The molecule has 0 aromatic carbocycles. The van der Waals surface area contributed by atoms with Crippen molar-refractivity contribution >= 4 is 11.8 Å². The Morgan fingerprint density at radius 1 is 1.35 bits per heavy atom. The zero-order valence-corrected chi connectivity index (χ0v) is 8.93. The molecule has 0 aliphatic rings. The van der Waals surface area contributed by atoms with E-state index in [0.29, 0.717) is 0 Å². The number of alkyl halides is 3. The molecule has 1 aromatic heterocycles. The highest BCUT2D eigenvalue weighted by molar-refractivity contribution is 5.98. The number of halogens is 3. The Balaban J connectivity index is 2.72. The molecule has 0 unspecified atom stereocenters. The third-order valence-corrected chi connectivity index (χ3v) is 1.89. The second-order valence-corrected chi connectivity index (χ2v) is 3.21. The molecule has 1 N–H and O–H groups in total. The Kier molecular flexibility index (Phi) is 3.93. The number of H-pyrrole nitrogens is 1. The molecule has 7 heteroatoms. The highest BCUT2D eigenvalue weighted by Gasteiger charge is 2.40. The number of ketones is 1. The van der Waals surface area contributed by atoms with Gasteiger partial charge >= 0.3 is 12.1 Å². The van der Waals surface area contributed by atoms with Crippen molar-refractivity contribution in [1.29, 1.82) is 0 Å². The first-order valence-electron chi connectivity index (χ1n) is 4.79. The molecule has 0 aliphatic carbocycles. The van der Waals surface area contributed by atoms with E-state index in [2.05, 4.69) is 9.72 Å². The average molecular weight is 249 g/mol. The predicted octanol–water partition coefficient (Wildman–Crippen LogP) is 1.87. The van der Waals surface area contributed by atoms with E-state index < -0.39 is 23.6 Å². The van der Waals surface area contributed by atoms with Gasteiger partial charge in [0, 0.05) is 5.69 Å². The third kappa shape index (κ3) is 3.61. The van der Waals surface area contributed by atoms with Gasteiger partial charge in [0.15, 0.2) is 0 Å². The highest BCUT2D eigenvalue weighted by atomic mass is 19.4. The fraction of sp³-hybridized carbons (Fsp3) is 0.400. The number of aromatic amines is 1. The summed E-state index contributed by atoms with van der Waals surface area (Å²) in [6.45, 7) is 1.80. The minimum atomic E-state index is -4.92. The van der Waals surface area contributed by atoms with Crippen molar-refractivity contribution in [1.82, 2.24) is 4.98 Å². The summed E-state index contributed by atoms with van der Waals surface area (Å²) < 4.78 is 40.8. The molecule has 0 aliphatic heterocycles. The van der Waals surface area contributed by atoms with Crippen LogP contribution in [0.25, 0.3) is 0 Å². The van der Waals surface area contributed by atoms with Crippen LogP contribution in [0, 0.1) is 0 Å². The Bertz CT molecular complexity index is 423. The second-order valence-electron chi connectivity index (χ2n) is 3.21. The Morgan fingerprint density at radius 2 is 2.00 bits per heavy atom. The van der Waals surface area contributed by atoms with Crippen LogP contribution in [0.5, 0.6) is 0 Å². The number of nitrogens with one attached hydrogen (secondary N) is 1. The van der Waals surface area contributed by atoms with Crippen LogP contribution in [0.15, 0.2) is 12.1 Å². The van der Waals surface area contributed by atoms with Crippen molar-refractivity contribution in [2.45, 2.75) is 19.5 Å². The quantitative estimate of drug-likeness (QED) is 0.654. The first-order valence-corrected chi connectivity index (χ1v) is 4.79. The van der Waals surface area contributed by atoms with Crippen LogP contribution in [0.1, 0.15) is 23.1 Å². The van der Waals surface area contributed by atoms with Gasteiger partial charge in [0.2, 0.25) is 0 Å². The van der Waals surface area contributed by atoms with Gasteiger partial charge in [0.25, 0.3) is 5.78 Å². The van der Waals surface area contributed by atoms with Gasteiger partial charge < -0.3 is 9.72 Å². The average Bonchev–Trinajstić information content (AvgIpc) is 2.63. The number of ether oxygens (including phenoxy) is 1. The van der Waals surface area contributed by atoms with E-state index >= 15 is 0 Å². The summed E-state index contributed by atoms with van der Waals surface area (Å²) in [5.74, 6) is -2.53. The van der Waals surface area contributed by atoms with Crippen molar-refractivity contribution in [2.24, 2.45) is 0 Å². The molecule has 0 bridgehead atoms. The predicted molar refractivity (Wildman–Crippen MR) is 51.5 cm³/mol. The van der Waals surface area contributed by atoms with E-state index in [1.54, 1.807) is 6.92 Å². The number of carbonyl (C=O) groups excluding carboxylic acids is 2. The van der Waals surface area contributed by atoms with Crippen molar-refractivity contribution in [3.05, 3.63) is 23.5 Å². The molecule has 0 amide bonds. The van der Waals surface area contributed by atoms with E-state index in [1.165, 1.54) is 6.07 Å². The lowest BCUT2D eigenvalue weighted by Crippen LogP contribution is -2.23. The second kappa shape index (κ2) is 5.03. The largest absolute Gasteiger partial charge is 0.466 e. The number of rotatable bonds is 4. The summed E-state index contributed by atoms with van der Waals surface area (Å²) in [6, 6.07) is 2.24. The summed E-state index contributed by atoms with van der Waals surface area (Å²) in [4.78, 5) is 24.1. The van der Waals surface area contributed by atoms with E-state index in [-0.39, 0.29) is 18.7 Å². The first kappa shape index (κ1) is 13.3. The zero-order chi connectivity index (χ0) is 13.1. The molecule has 0 atom stereocenters. The SMILES string of the molecule is CCOC(=O)Cc1ccc(C(=O)C(F)(F)F)[nH]1. The fourth-order valence-corrected chi connectivity index (χ4v) is 1.20. The molecule has 94 valence electrons. The summed E-state index contributed by atoms with van der Waals surface area (Å²) in [6.07, 6.45) is -5.12. The lowest BCUT2D eigenvalue weighted by molar-refractivity contribution is -0.142. The molecule has 1 aromatic rings. The maximum absolute atomic E-state index is 12.1. The van der Waals surface area contributed by atoms with Gasteiger partial charge in [0.1, 0.15) is 0 Å². The minimum Gasteiger partial charge on any atom is -0.466 e. The monoisotopic (exact) mass is 249 g/mol. The van der Waals surface area contributed by atoms with Crippen LogP contribution in [0.4, 0.5) is 13.2 Å². The Hall–Kier alpha value is -1.79. The fourth-order valence-electron chi connectivity index (χ4n) is 1.20. The van der Waals surface area contributed by atoms with Crippen LogP contribution in [0.3, 0.4) is 0 Å². The molecule has 0 radical (unpaired) electrons. The molecule has 1 heterocycles. The van der Waals surface area contributed by atoms with Gasteiger partial charge in [-0.2, -0.15) is 13.2 Å². The standard InChI is InChI=1S/C10H10F3NO3/c1-2-17-8(15)5-6-3-4-7(14-6)9(16)10(11,12)13/h3-4,14H,2,5H2,1H3.